The maximum Gasteiger partial charge on any atom is 0.267 e. The second kappa shape index (κ2) is 2.84. The largest absolute Gasteiger partial charge is 0.355 e. The summed E-state index contributed by atoms with van der Waals surface area (Å²) in [5.74, 6) is 0.0631. The average Bonchev–Trinajstić information content (AvgIpc) is 3.10. The molecule has 1 atom stereocenters. The van der Waals surface area contributed by atoms with Crippen LogP contribution in [0, 0.1) is 17.2 Å². The molecule has 0 aromatic carbocycles. The van der Waals surface area contributed by atoms with E-state index in [9.17, 15) is 9.18 Å². The van der Waals surface area contributed by atoms with Gasteiger partial charge in [-0.3, -0.25) is 4.79 Å². The lowest BCUT2D eigenvalue weighted by Gasteiger charge is -2.01. The zero-order valence-electron chi connectivity index (χ0n) is 8.35. The molecule has 1 aromatic rings. The first-order chi connectivity index (χ1) is 7.20. The molecule has 80 valence electrons. The molecule has 1 spiro atoms. The minimum absolute atomic E-state index is 0.207. The summed E-state index contributed by atoms with van der Waals surface area (Å²) in [6.45, 7) is 0.736. The maximum atomic E-state index is 12.6. The number of H-pyrrole nitrogens is 1. The number of carbonyl (C=O) groups excluding carboxylic acids is 1. The molecule has 0 radical (unpaired) electrons. The van der Waals surface area contributed by atoms with Gasteiger partial charge in [0.1, 0.15) is 11.5 Å². The van der Waals surface area contributed by atoms with E-state index in [4.69, 9.17) is 0 Å². The van der Waals surface area contributed by atoms with Gasteiger partial charge >= 0.3 is 0 Å². The fourth-order valence-corrected chi connectivity index (χ4v) is 2.30. The van der Waals surface area contributed by atoms with E-state index in [0.29, 0.717) is 17.0 Å². The van der Waals surface area contributed by atoms with E-state index in [1.165, 1.54) is 31.5 Å². The highest BCUT2D eigenvalue weighted by atomic mass is 19.1. The molecule has 0 bridgehead atoms. The number of hydrogen-bond donors (Lipinski definition) is 2. The molecule has 2 aliphatic rings. The highest BCUT2D eigenvalue weighted by Crippen LogP contribution is 2.70. The third-order valence-corrected chi connectivity index (χ3v) is 3.65. The molecule has 0 aliphatic heterocycles. The molecule has 15 heavy (non-hydrogen) atoms. The molecule has 3 rings (SSSR count). The Morgan fingerprint density at radius 1 is 1.67 bits per heavy atom. The van der Waals surface area contributed by atoms with Crippen molar-refractivity contribution in [2.24, 2.45) is 11.3 Å². The molecule has 4 heteroatoms. The topological polar surface area (TPSA) is 44.9 Å². The van der Waals surface area contributed by atoms with Gasteiger partial charge in [0, 0.05) is 18.8 Å². The lowest BCUT2D eigenvalue weighted by molar-refractivity contribution is 0.0946. The second-order valence-corrected chi connectivity index (χ2v) is 4.71. The van der Waals surface area contributed by atoms with Gasteiger partial charge in [-0.2, -0.15) is 0 Å². The van der Waals surface area contributed by atoms with E-state index in [1.807, 2.05) is 0 Å². The number of carbonyl (C=O) groups is 1. The molecular formula is C11H13FN2O. The molecule has 1 amide bonds. The van der Waals surface area contributed by atoms with Crippen molar-refractivity contribution in [3.63, 3.8) is 0 Å². The van der Waals surface area contributed by atoms with E-state index >= 15 is 0 Å². The molecule has 1 aromatic heterocycles. The van der Waals surface area contributed by atoms with Crippen LogP contribution in [0.5, 0.6) is 0 Å². The molecule has 1 heterocycles. The van der Waals surface area contributed by atoms with Gasteiger partial charge in [0.25, 0.3) is 5.91 Å². The lowest BCUT2D eigenvalue weighted by Crippen LogP contribution is -2.26. The van der Waals surface area contributed by atoms with Crippen molar-refractivity contribution < 1.29 is 9.18 Å². The number of rotatable bonds is 3. The quantitative estimate of drug-likeness (QED) is 0.780. The predicted octanol–water partition coefficient (Wildman–Crippen LogP) is 1.68. The van der Waals surface area contributed by atoms with Crippen molar-refractivity contribution in [2.45, 2.75) is 19.3 Å². The van der Waals surface area contributed by atoms with Crippen LogP contribution >= 0.6 is 0 Å². The van der Waals surface area contributed by atoms with E-state index in [0.717, 1.165) is 6.54 Å². The van der Waals surface area contributed by atoms with Gasteiger partial charge in [0.05, 0.1) is 0 Å². The van der Waals surface area contributed by atoms with Gasteiger partial charge in [0.2, 0.25) is 0 Å². The Labute approximate surface area is 87.1 Å². The monoisotopic (exact) mass is 208 g/mol. The van der Waals surface area contributed by atoms with Crippen LogP contribution in [0.3, 0.4) is 0 Å². The zero-order chi connectivity index (χ0) is 10.5. The van der Waals surface area contributed by atoms with Crippen molar-refractivity contribution >= 4 is 5.91 Å². The molecule has 2 N–H and O–H groups in total. The number of halogens is 1. The average molecular weight is 208 g/mol. The van der Waals surface area contributed by atoms with Gasteiger partial charge in [-0.25, -0.2) is 4.39 Å². The van der Waals surface area contributed by atoms with Crippen LogP contribution in [0.2, 0.25) is 0 Å². The molecule has 2 aliphatic carbocycles. The summed E-state index contributed by atoms with van der Waals surface area (Å²) in [7, 11) is 0. The summed E-state index contributed by atoms with van der Waals surface area (Å²) in [6, 6.07) is 1.22. The molecule has 2 fully saturated rings. The summed E-state index contributed by atoms with van der Waals surface area (Å²) in [4.78, 5) is 14.1. The lowest BCUT2D eigenvalue weighted by atomic mass is 10.3. The van der Waals surface area contributed by atoms with Gasteiger partial charge < -0.3 is 10.3 Å². The first-order valence-electron chi connectivity index (χ1n) is 5.32. The fraction of sp³-hybridized carbons (Fsp3) is 0.545. The van der Waals surface area contributed by atoms with Crippen molar-refractivity contribution in [3.8, 4) is 0 Å². The van der Waals surface area contributed by atoms with Crippen molar-refractivity contribution in [2.75, 3.05) is 6.54 Å². The summed E-state index contributed by atoms with van der Waals surface area (Å²) in [5, 5.41) is 2.83. The SMILES string of the molecule is O=C(NC[C@H]1CC12CC2)c1cc(F)c[nH]1. The molecule has 0 saturated heterocycles. The normalized spacial score (nSPS) is 25.3. The van der Waals surface area contributed by atoms with Crippen LogP contribution in [-0.4, -0.2) is 17.4 Å². The Hall–Kier alpha value is -1.32. The molecule has 3 nitrogen and oxygen atoms in total. The zero-order valence-corrected chi connectivity index (χ0v) is 8.35. The number of amides is 1. The molecule has 2 saturated carbocycles. The van der Waals surface area contributed by atoms with E-state index in [2.05, 4.69) is 10.3 Å². The second-order valence-electron chi connectivity index (χ2n) is 4.71. The minimum atomic E-state index is -0.398. The highest BCUT2D eigenvalue weighted by Gasteiger charge is 2.62. The molecule has 0 unspecified atom stereocenters. The van der Waals surface area contributed by atoms with Gasteiger partial charge in [-0.15, -0.1) is 0 Å². The highest BCUT2D eigenvalue weighted by molar-refractivity contribution is 5.92. The molecular weight excluding hydrogens is 195 g/mol. The van der Waals surface area contributed by atoms with Crippen molar-refractivity contribution in [1.82, 2.24) is 10.3 Å². The Bertz CT molecular complexity index is 408. The Morgan fingerprint density at radius 3 is 3.00 bits per heavy atom. The first-order valence-corrected chi connectivity index (χ1v) is 5.32. The van der Waals surface area contributed by atoms with Gasteiger partial charge in [-0.1, -0.05) is 0 Å². The van der Waals surface area contributed by atoms with Crippen LogP contribution in [0.25, 0.3) is 0 Å². The summed E-state index contributed by atoms with van der Waals surface area (Å²) < 4.78 is 12.6. The Kier molecular flexibility index (Phi) is 1.69. The summed E-state index contributed by atoms with van der Waals surface area (Å²) in [6.07, 6.45) is 5.09. The van der Waals surface area contributed by atoms with Crippen LogP contribution in [-0.2, 0) is 0 Å². The minimum Gasteiger partial charge on any atom is -0.355 e. The van der Waals surface area contributed by atoms with Crippen LogP contribution in [0.15, 0.2) is 12.3 Å². The number of nitrogens with one attached hydrogen (secondary N) is 2. The number of aromatic nitrogens is 1. The Balaban J connectivity index is 1.53. The standard InChI is InChI=1S/C11H13FN2O/c12-8-3-9(13-6-8)10(15)14-5-7-4-11(7)1-2-11/h3,6-7,13H,1-2,4-5H2,(H,14,15)/t7-/m1/s1. The van der Waals surface area contributed by atoms with Crippen LogP contribution in [0.1, 0.15) is 29.8 Å². The van der Waals surface area contributed by atoms with E-state index in [-0.39, 0.29) is 5.91 Å². The van der Waals surface area contributed by atoms with Crippen molar-refractivity contribution in [1.29, 1.82) is 0 Å². The number of hydrogen-bond acceptors (Lipinski definition) is 1. The smallest absolute Gasteiger partial charge is 0.267 e. The fourth-order valence-electron chi connectivity index (χ4n) is 2.30. The summed E-state index contributed by atoms with van der Waals surface area (Å²) in [5.41, 5.74) is 0.909. The maximum absolute atomic E-state index is 12.6. The van der Waals surface area contributed by atoms with E-state index < -0.39 is 5.82 Å². The van der Waals surface area contributed by atoms with Crippen molar-refractivity contribution in [3.05, 3.63) is 23.8 Å². The third-order valence-electron chi connectivity index (χ3n) is 3.65. The third kappa shape index (κ3) is 1.54. The van der Waals surface area contributed by atoms with Crippen LogP contribution in [0.4, 0.5) is 4.39 Å². The number of aromatic amines is 1. The first kappa shape index (κ1) is 8.95. The Morgan fingerprint density at radius 2 is 2.47 bits per heavy atom. The van der Waals surface area contributed by atoms with Crippen LogP contribution < -0.4 is 5.32 Å². The van der Waals surface area contributed by atoms with Gasteiger partial charge in [0.15, 0.2) is 0 Å². The van der Waals surface area contributed by atoms with E-state index in [1.54, 1.807) is 0 Å². The predicted molar refractivity (Wildman–Crippen MR) is 52.9 cm³/mol. The van der Waals surface area contributed by atoms with Gasteiger partial charge in [-0.05, 0) is 30.6 Å². The summed E-state index contributed by atoms with van der Waals surface area (Å²) >= 11 is 0.